The van der Waals surface area contributed by atoms with Crippen molar-refractivity contribution in [2.45, 2.75) is 122 Å². The summed E-state index contributed by atoms with van der Waals surface area (Å²) in [6, 6.07) is 10.2. The molecule has 1 saturated heterocycles. The van der Waals surface area contributed by atoms with Crippen LogP contribution in [0.2, 0.25) is 0 Å². The summed E-state index contributed by atoms with van der Waals surface area (Å²) in [6.07, 6.45) is 15.5. The van der Waals surface area contributed by atoms with Crippen LogP contribution in [0.1, 0.15) is 103 Å². The van der Waals surface area contributed by atoms with Gasteiger partial charge < -0.3 is 14.2 Å². The number of hydrogen-bond donors (Lipinski definition) is 0. The van der Waals surface area contributed by atoms with Crippen molar-refractivity contribution < 1.29 is 14.2 Å². The summed E-state index contributed by atoms with van der Waals surface area (Å²) in [6.45, 7) is 7.23. The molecule has 1 aliphatic rings. The monoisotopic (exact) mass is 428 g/mol. The van der Waals surface area contributed by atoms with Crippen molar-refractivity contribution in [3.63, 3.8) is 0 Å². The minimum Gasteiger partial charge on any atom is -0.367 e. The molecule has 1 fully saturated rings. The third-order valence-corrected chi connectivity index (χ3v) is 5.80. The van der Waals surface area contributed by atoms with Crippen molar-refractivity contribution >= 4 is 0 Å². The van der Waals surface area contributed by atoms with Gasteiger partial charge in [0.2, 0.25) is 0 Å². The van der Waals surface area contributed by atoms with E-state index < -0.39 is 5.79 Å². The fraction of sp³-hybridized carbons (Fsp3) is 0.714. The summed E-state index contributed by atoms with van der Waals surface area (Å²) in [5.41, 5.74) is 1.15. The van der Waals surface area contributed by atoms with E-state index in [0.717, 1.165) is 12.0 Å². The lowest BCUT2D eigenvalue weighted by atomic mass is 10.1. The molecule has 1 aliphatic heterocycles. The molecule has 174 valence electrons. The summed E-state index contributed by atoms with van der Waals surface area (Å²) in [5.74, 6) is 6.05. The smallest absolute Gasteiger partial charge is 0.164 e. The number of benzene rings is 1. The largest absolute Gasteiger partial charge is 0.367 e. The lowest BCUT2D eigenvalue weighted by Crippen LogP contribution is -2.49. The molecule has 0 saturated carbocycles. The molecule has 0 aliphatic carbocycles. The van der Waals surface area contributed by atoms with Crippen LogP contribution in [-0.4, -0.2) is 24.6 Å². The van der Waals surface area contributed by atoms with Crippen molar-refractivity contribution in [1.29, 1.82) is 0 Å². The molecule has 3 heteroatoms. The molecule has 1 heterocycles. The minimum atomic E-state index is -0.609. The molecule has 0 radical (unpaired) electrons. The average Bonchev–Trinajstić information content (AvgIpc) is 2.76. The van der Waals surface area contributed by atoms with E-state index in [2.05, 4.69) is 30.9 Å². The first-order valence-electron chi connectivity index (χ1n) is 12.6. The fourth-order valence-electron chi connectivity index (χ4n) is 3.87. The van der Waals surface area contributed by atoms with Gasteiger partial charge in [0.15, 0.2) is 5.79 Å². The average molecular weight is 429 g/mol. The first-order chi connectivity index (χ1) is 15.1. The maximum absolute atomic E-state index is 6.09. The summed E-state index contributed by atoms with van der Waals surface area (Å²) >= 11 is 0. The zero-order chi connectivity index (χ0) is 22.2. The molecule has 31 heavy (non-hydrogen) atoms. The van der Waals surface area contributed by atoms with Gasteiger partial charge in [-0.1, -0.05) is 107 Å². The summed E-state index contributed by atoms with van der Waals surface area (Å²) in [5, 5.41) is 0. The Balaban J connectivity index is 1.61. The van der Waals surface area contributed by atoms with E-state index in [0.29, 0.717) is 13.2 Å². The van der Waals surface area contributed by atoms with Gasteiger partial charge in [0, 0.05) is 6.42 Å². The van der Waals surface area contributed by atoms with Crippen LogP contribution < -0.4 is 0 Å². The molecular formula is C28H44O3. The quantitative estimate of drug-likeness (QED) is 0.228. The van der Waals surface area contributed by atoms with Gasteiger partial charge in [0.25, 0.3) is 0 Å². The van der Waals surface area contributed by atoms with Gasteiger partial charge in [0.1, 0.15) is 12.2 Å². The third kappa shape index (κ3) is 11.7. The second kappa shape index (κ2) is 15.5. The van der Waals surface area contributed by atoms with E-state index in [1.165, 1.54) is 70.6 Å². The zero-order valence-electron chi connectivity index (χ0n) is 20.2. The molecule has 0 spiro atoms. The van der Waals surface area contributed by atoms with E-state index in [-0.39, 0.29) is 12.2 Å². The first-order valence-corrected chi connectivity index (χ1v) is 12.6. The molecule has 0 N–H and O–H groups in total. The van der Waals surface area contributed by atoms with Gasteiger partial charge in [-0.25, -0.2) is 0 Å². The van der Waals surface area contributed by atoms with Crippen molar-refractivity contribution in [1.82, 2.24) is 0 Å². The van der Waals surface area contributed by atoms with E-state index in [1.54, 1.807) is 0 Å². The van der Waals surface area contributed by atoms with Crippen LogP contribution >= 0.6 is 0 Å². The predicted octanol–water partition coefficient (Wildman–Crippen LogP) is 7.43. The number of unbranched alkanes of at least 4 members (excludes halogenated alkanes) is 11. The van der Waals surface area contributed by atoms with Crippen LogP contribution in [0.4, 0.5) is 0 Å². The Labute approximate surface area is 191 Å². The highest BCUT2D eigenvalue weighted by molar-refractivity contribution is 5.14. The molecule has 0 bridgehead atoms. The van der Waals surface area contributed by atoms with E-state index in [1.807, 2.05) is 32.0 Å². The highest BCUT2D eigenvalue weighted by Crippen LogP contribution is 2.24. The minimum absolute atomic E-state index is 0.155. The Bertz CT molecular complexity index is 629. The molecule has 2 rings (SSSR count). The normalized spacial score (nSPS) is 20.2. The predicted molar refractivity (Wildman–Crippen MR) is 129 cm³/mol. The molecule has 0 amide bonds. The molecular weight excluding hydrogens is 384 g/mol. The van der Waals surface area contributed by atoms with Crippen LogP contribution in [0.15, 0.2) is 30.3 Å². The lowest BCUT2D eigenvalue weighted by Gasteiger charge is -2.38. The molecule has 1 aromatic rings. The van der Waals surface area contributed by atoms with Gasteiger partial charge in [-0.3, -0.25) is 0 Å². The van der Waals surface area contributed by atoms with Gasteiger partial charge in [-0.15, -0.1) is 5.92 Å². The van der Waals surface area contributed by atoms with Crippen molar-refractivity contribution in [2.24, 2.45) is 0 Å². The third-order valence-electron chi connectivity index (χ3n) is 5.80. The van der Waals surface area contributed by atoms with Crippen molar-refractivity contribution in [2.75, 3.05) is 6.61 Å². The topological polar surface area (TPSA) is 27.7 Å². The molecule has 2 atom stereocenters. The maximum atomic E-state index is 6.09. The number of ether oxygens (including phenoxy) is 3. The molecule has 0 unspecified atom stereocenters. The van der Waals surface area contributed by atoms with Gasteiger partial charge >= 0.3 is 0 Å². The SMILES string of the molecule is CCCCCCCCCCCCCC#C[C@H]1OC(C)(C)OC[C@H]1OCc1ccccc1. The van der Waals surface area contributed by atoms with Crippen LogP contribution in [0.5, 0.6) is 0 Å². The van der Waals surface area contributed by atoms with E-state index in [4.69, 9.17) is 14.2 Å². The highest BCUT2D eigenvalue weighted by Gasteiger charge is 2.36. The van der Waals surface area contributed by atoms with Crippen LogP contribution in [0.25, 0.3) is 0 Å². The van der Waals surface area contributed by atoms with Crippen LogP contribution in [0.3, 0.4) is 0 Å². The summed E-state index contributed by atoms with van der Waals surface area (Å²) < 4.78 is 17.9. The standard InChI is InChI=1S/C28H44O3/c1-4-5-6-7-8-9-10-11-12-13-14-15-19-22-26-27(24-30-28(2,3)31-26)29-23-25-20-17-16-18-21-25/h16-18,20-21,26-27H,4-15,23-24H2,1-3H3/t26-,27-/m1/s1. The Kier molecular flexibility index (Phi) is 12.9. The van der Waals surface area contributed by atoms with Crippen LogP contribution in [0, 0.1) is 11.8 Å². The number of hydrogen-bond acceptors (Lipinski definition) is 3. The van der Waals surface area contributed by atoms with Gasteiger partial charge in [-0.2, -0.15) is 0 Å². The number of rotatable bonds is 14. The van der Waals surface area contributed by atoms with E-state index in [9.17, 15) is 0 Å². The Morgan fingerprint density at radius 2 is 1.52 bits per heavy atom. The van der Waals surface area contributed by atoms with E-state index >= 15 is 0 Å². The lowest BCUT2D eigenvalue weighted by molar-refractivity contribution is -0.298. The van der Waals surface area contributed by atoms with Crippen LogP contribution in [-0.2, 0) is 20.8 Å². The van der Waals surface area contributed by atoms with Gasteiger partial charge in [0.05, 0.1) is 13.2 Å². The zero-order valence-corrected chi connectivity index (χ0v) is 20.2. The maximum Gasteiger partial charge on any atom is 0.164 e. The van der Waals surface area contributed by atoms with Crippen molar-refractivity contribution in [3.8, 4) is 11.8 Å². The molecule has 0 aromatic heterocycles. The molecule has 3 nitrogen and oxygen atoms in total. The van der Waals surface area contributed by atoms with Gasteiger partial charge in [-0.05, 0) is 25.8 Å². The summed E-state index contributed by atoms with van der Waals surface area (Å²) in [4.78, 5) is 0. The second-order valence-corrected chi connectivity index (χ2v) is 9.19. The molecule has 1 aromatic carbocycles. The highest BCUT2D eigenvalue weighted by atomic mass is 16.7. The Morgan fingerprint density at radius 3 is 2.16 bits per heavy atom. The fourth-order valence-corrected chi connectivity index (χ4v) is 3.87. The second-order valence-electron chi connectivity index (χ2n) is 9.19. The summed E-state index contributed by atoms with van der Waals surface area (Å²) in [7, 11) is 0. The van der Waals surface area contributed by atoms with Crippen molar-refractivity contribution in [3.05, 3.63) is 35.9 Å². The Hall–Kier alpha value is -1.34. The first kappa shape index (κ1) is 25.9. The Morgan fingerprint density at radius 1 is 0.903 bits per heavy atom.